The molecule has 3 aliphatic rings. The summed E-state index contributed by atoms with van der Waals surface area (Å²) in [5.74, 6) is 1.04. The van der Waals surface area contributed by atoms with Crippen LogP contribution < -0.4 is 0 Å². The molecule has 7 heavy (non-hydrogen) atoms. The summed E-state index contributed by atoms with van der Waals surface area (Å²) < 4.78 is 0. The Morgan fingerprint density at radius 3 is 2.29 bits per heavy atom. The van der Waals surface area contributed by atoms with Crippen molar-refractivity contribution < 1.29 is 17.1 Å². The summed E-state index contributed by atoms with van der Waals surface area (Å²) in [6, 6.07) is 0. The van der Waals surface area contributed by atoms with Gasteiger partial charge in [0.25, 0.3) is 0 Å². The molecule has 1 saturated carbocycles. The Bertz CT molecular complexity index is 94.0. The SMILES string of the molecule is [C-]1=C2CC(C1)C2.[Fe]. The van der Waals surface area contributed by atoms with E-state index >= 15 is 0 Å². The van der Waals surface area contributed by atoms with Crippen LogP contribution in [0.3, 0.4) is 0 Å². The topological polar surface area (TPSA) is 0 Å². The third kappa shape index (κ3) is 0.646. The Morgan fingerprint density at radius 1 is 1.43 bits per heavy atom. The van der Waals surface area contributed by atoms with Crippen molar-refractivity contribution in [3.8, 4) is 0 Å². The van der Waals surface area contributed by atoms with E-state index in [2.05, 4.69) is 6.08 Å². The molecule has 2 bridgehead atoms. The van der Waals surface area contributed by atoms with Gasteiger partial charge in [-0.1, -0.05) is 18.8 Å². The minimum atomic E-state index is 0. The summed E-state index contributed by atoms with van der Waals surface area (Å²) in [6.07, 6.45) is 7.36. The minimum Gasteiger partial charge on any atom is -0.497 e. The van der Waals surface area contributed by atoms with Crippen LogP contribution in [0.5, 0.6) is 0 Å². The Hall–Kier alpha value is 0.259. The molecule has 0 nitrogen and oxygen atoms in total. The van der Waals surface area contributed by atoms with Crippen molar-refractivity contribution in [1.82, 2.24) is 0 Å². The van der Waals surface area contributed by atoms with E-state index in [9.17, 15) is 0 Å². The van der Waals surface area contributed by atoms with Crippen LogP contribution in [-0.4, -0.2) is 0 Å². The molecule has 0 N–H and O–H groups in total. The molecule has 0 spiro atoms. The second kappa shape index (κ2) is 1.65. The van der Waals surface area contributed by atoms with Crippen LogP contribution in [-0.2, 0) is 17.1 Å². The van der Waals surface area contributed by atoms with Gasteiger partial charge in [-0.15, -0.1) is 0 Å². The minimum absolute atomic E-state index is 0. The van der Waals surface area contributed by atoms with Gasteiger partial charge in [0, 0.05) is 17.1 Å². The van der Waals surface area contributed by atoms with Crippen molar-refractivity contribution >= 4 is 0 Å². The first-order valence-corrected chi connectivity index (χ1v) is 2.54. The van der Waals surface area contributed by atoms with Crippen molar-refractivity contribution in [2.45, 2.75) is 19.3 Å². The Balaban J connectivity index is 0.000000245. The van der Waals surface area contributed by atoms with E-state index in [-0.39, 0.29) is 17.1 Å². The molecule has 0 saturated heterocycles. The molecule has 1 heteroatoms. The molecule has 0 atom stereocenters. The molecule has 0 radical (unpaired) electrons. The monoisotopic (exact) mass is 135 g/mol. The summed E-state index contributed by atoms with van der Waals surface area (Å²) in [6.45, 7) is 0. The van der Waals surface area contributed by atoms with E-state index in [1.165, 1.54) is 19.3 Å². The number of hydrogen-bond acceptors (Lipinski definition) is 0. The maximum Gasteiger partial charge on any atom is 0 e. The molecule has 0 aliphatic heterocycles. The molecule has 0 aromatic heterocycles. The predicted molar refractivity (Wildman–Crippen MR) is 24.1 cm³/mol. The van der Waals surface area contributed by atoms with Crippen LogP contribution in [0.4, 0.5) is 0 Å². The smallest absolute Gasteiger partial charge is 0 e. The molecule has 0 unspecified atom stereocenters. The summed E-state index contributed by atoms with van der Waals surface area (Å²) >= 11 is 0. The third-order valence-electron chi connectivity index (χ3n) is 1.71. The van der Waals surface area contributed by atoms with E-state index in [1.54, 1.807) is 5.57 Å². The quantitative estimate of drug-likeness (QED) is 0.349. The Morgan fingerprint density at radius 2 is 2.14 bits per heavy atom. The van der Waals surface area contributed by atoms with E-state index in [0.29, 0.717) is 0 Å². The van der Waals surface area contributed by atoms with Crippen molar-refractivity contribution in [3.05, 3.63) is 11.6 Å². The maximum atomic E-state index is 3.31. The van der Waals surface area contributed by atoms with E-state index < -0.39 is 0 Å². The first-order chi connectivity index (χ1) is 2.95. The number of rotatable bonds is 0. The van der Waals surface area contributed by atoms with E-state index in [0.717, 1.165) is 5.92 Å². The van der Waals surface area contributed by atoms with Crippen LogP contribution in [0.1, 0.15) is 19.3 Å². The first-order valence-electron chi connectivity index (χ1n) is 2.54. The van der Waals surface area contributed by atoms with Gasteiger partial charge in [0.2, 0.25) is 0 Å². The fourth-order valence-electron chi connectivity index (χ4n) is 1.21. The zero-order valence-electron chi connectivity index (χ0n) is 4.05. The number of hydrogen-bond donors (Lipinski definition) is 0. The molecule has 0 heterocycles. The van der Waals surface area contributed by atoms with Gasteiger partial charge in [-0.3, -0.25) is 5.57 Å². The average molecular weight is 135 g/mol. The largest absolute Gasteiger partial charge is 0.497 e. The average Bonchev–Trinajstić information content (AvgIpc) is 1.72. The second-order valence-corrected chi connectivity index (χ2v) is 2.26. The normalized spacial score (nSPS) is 25.4. The zero-order valence-corrected chi connectivity index (χ0v) is 5.16. The van der Waals surface area contributed by atoms with Gasteiger partial charge in [0.1, 0.15) is 0 Å². The Labute approximate surface area is 54.5 Å². The van der Waals surface area contributed by atoms with Crippen LogP contribution in [0.2, 0.25) is 0 Å². The molecular weight excluding hydrogens is 128 g/mol. The van der Waals surface area contributed by atoms with Crippen LogP contribution in [0.15, 0.2) is 5.57 Å². The molecule has 0 aromatic rings. The fraction of sp³-hybridized carbons (Fsp3) is 0.667. The molecule has 3 aliphatic carbocycles. The van der Waals surface area contributed by atoms with Gasteiger partial charge >= 0.3 is 0 Å². The van der Waals surface area contributed by atoms with Crippen molar-refractivity contribution in [1.29, 1.82) is 0 Å². The summed E-state index contributed by atoms with van der Waals surface area (Å²) in [5.41, 5.74) is 1.60. The summed E-state index contributed by atoms with van der Waals surface area (Å²) in [5, 5.41) is 0. The third-order valence-corrected chi connectivity index (χ3v) is 1.71. The molecule has 0 aromatic carbocycles. The van der Waals surface area contributed by atoms with Crippen LogP contribution in [0, 0.1) is 12.0 Å². The van der Waals surface area contributed by atoms with Gasteiger partial charge in [-0.25, -0.2) is 0 Å². The van der Waals surface area contributed by atoms with E-state index in [4.69, 9.17) is 0 Å². The molecule has 0 amide bonds. The fourth-order valence-corrected chi connectivity index (χ4v) is 1.21. The maximum absolute atomic E-state index is 3.31. The van der Waals surface area contributed by atoms with Crippen LogP contribution >= 0.6 is 0 Å². The number of fused-ring (bicyclic) bond motifs is 1. The molecule has 1 fully saturated rings. The summed E-state index contributed by atoms with van der Waals surface area (Å²) in [7, 11) is 0. The van der Waals surface area contributed by atoms with Gasteiger partial charge < -0.3 is 6.08 Å². The Kier molecular flexibility index (Phi) is 1.27. The van der Waals surface area contributed by atoms with Crippen LogP contribution in [0.25, 0.3) is 0 Å². The zero-order chi connectivity index (χ0) is 3.98. The van der Waals surface area contributed by atoms with Gasteiger partial charge in [-0.05, 0) is 0 Å². The van der Waals surface area contributed by atoms with Gasteiger partial charge in [0.15, 0.2) is 0 Å². The van der Waals surface area contributed by atoms with E-state index in [1.807, 2.05) is 0 Å². The standard InChI is InChI=1S/C6H7.Fe/c1-2-6-3-5(1)4-6;/h5H,1,3-4H2;/q-1;. The van der Waals surface area contributed by atoms with Crippen molar-refractivity contribution in [3.63, 3.8) is 0 Å². The van der Waals surface area contributed by atoms with Gasteiger partial charge in [0.05, 0.1) is 0 Å². The molecular formula is C6H7Fe-. The molecule has 40 valence electrons. The van der Waals surface area contributed by atoms with Crippen molar-refractivity contribution in [2.24, 2.45) is 5.92 Å². The van der Waals surface area contributed by atoms with Crippen molar-refractivity contribution in [2.75, 3.05) is 0 Å². The second-order valence-electron chi connectivity index (χ2n) is 2.26. The van der Waals surface area contributed by atoms with Gasteiger partial charge in [-0.2, -0.15) is 6.42 Å². The summed E-state index contributed by atoms with van der Waals surface area (Å²) in [4.78, 5) is 0. The number of allylic oxidation sites excluding steroid dienone is 2. The predicted octanol–water partition coefficient (Wildman–Crippen LogP) is 1.53. The first kappa shape index (κ1) is 5.40. The molecule has 3 rings (SSSR count).